The molecule has 0 fully saturated rings. The van der Waals surface area contributed by atoms with Gasteiger partial charge in [0.05, 0.1) is 0 Å². The van der Waals surface area contributed by atoms with E-state index in [9.17, 15) is 4.79 Å². The summed E-state index contributed by atoms with van der Waals surface area (Å²) in [6.45, 7) is 9.13. The van der Waals surface area contributed by atoms with Crippen LogP contribution in [0.1, 0.15) is 42.0 Å². The Hall–Kier alpha value is -2.29. The van der Waals surface area contributed by atoms with E-state index in [1.165, 1.54) is 22.3 Å². The number of nitrogens with one attached hydrogen (secondary N) is 2. The molecule has 2 rings (SSSR count). The van der Waals surface area contributed by atoms with E-state index in [1.54, 1.807) is 0 Å². The van der Waals surface area contributed by atoms with Crippen molar-refractivity contribution < 1.29 is 4.79 Å². The Labute approximate surface area is 139 Å². The molecule has 0 aliphatic carbocycles. The van der Waals surface area contributed by atoms with E-state index in [0.29, 0.717) is 12.5 Å². The molecule has 0 radical (unpaired) electrons. The van der Waals surface area contributed by atoms with Crippen LogP contribution in [-0.4, -0.2) is 12.6 Å². The van der Waals surface area contributed by atoms with Gasteiger partial charge < -0.3 is 10.6 Å². The van der Waals surface area contributed by atoms with Crippen molar-refractivity contribution in [3.05, 3.63) is 64.7 Å². The molecule has 0 atom stereocenters. The second kappa shape index (κ2) is 7.82. The lowest BCUT2D eigenvalue weighted by atomic mass is 10.0. The van der Waals surface area contributed by atoms with Gasteiger partial charge in [-0.05, 0) is 55.0 Å². The molecule has 23 heavy (non-hydrogen) atoms. The lowest BCUT2D eigenvalue weighted by Gasteiger charge is -2.11. The fourth-order valence-corrected chi connectivity index (χ4v) is 2.56. The first-order chi connectivity index (χ1) is 11.0. The number of benzene rings is 2. The number of anilines is 1. The zero-order chi connectivity index (χ0) is 16.8. The maximum Gasteiger partial charge on any atom is 0.319 e. The number of urea groups is 1. The molecule has 2 aromatic rings. The quantitative estimate of drug-likeness (QED) is 0.819. The Balaban J connectivity index is 1.80. The number of amides is 2. The summed E-state index contributed by atoms with van der Waals surface area (Å²) in [5, 5.41) is 5.78. The molecule has 0 aliphatic rings. The molecule has 122 valence electrons. The van der Waals surface area contributed by atoms with Crippen molar-refractivity contribution in [1.82, 2.24) is 5.32 Å². The maximum absolute atomic E-state index is 11.9. The first-order valence-corrected chi connectivity index (χ1v) is 8.16. The summed E-state index contributed by atoms with van der Waals surface area (Å²) < 4.78 is 0. The van der Waals surface area contributed by atoms with Crippen molar-refractivity contribution in [1.29, 1.82) is 0 Å². The van der Waals surface area contributed by atoms with Crippen LogP contribution >= 0.6 is 0 Å². The molecule has 0 heterocycles. The largest absolute Gasteiger partial charge is 0.338 e. The maximum atomic E-state index is 11.9. The van der Waals surface area contributed by atoms with Gasteiger partial charge in [0.15, 0.2) is 0 Å². The van der Waals surface area contributed by atoms with Crippen molar-refractivity contribution >= 4 is 11.7 Å². The molecule has 0 spiro atoms. The van der Waals surface area contributed by atoms with Gasteiger partial charge in [-0.3, -0.25) is 0 Å². The summed E-state index contributed by atoms with van der Waals surface area (Å²) >= 11 is 0. The van der Waals surface area contributed by atoms with E-state index < -0.39 is 0 Å². The Morgan fingerprint density at radius 1 is 1.04 bits per heavy atom. The van der Waals surface area contributed by atoms with Crippen molar-refractivity contribution in [2.75, 3.05) is 11.9 Å². The standard InChI is InChI=1S/C20H26N2O/c1-14(2)17-7-9-19(10-8-17)22-20(23)21-12-11-18-6-5-15(3)13-16(18)4/h5-10,13-14H,11-12H2,1-4H3,(H2,21,22,23). The Kier molecular flexibility index (Phi) is 5.80. The Bertz CT molecular complexity index is 660. The average Bonchev–Trinajstić information content (AvgIpc) is 2.50. The van der Waals surface area contributed by atoms with Gasteiger partial charge in [-0.2, -0.15) is 0 Å². The molecule has 0 bridgehead atoms. The second-order valence-corrected chi connectivity index (χ2v) is 6.34. The van der Waals surface area contributed by atoms with E-state index in [2.05, 4.69) is 68.7 Å². The smallest absolute Gasteiger partial charge is 0.319 e. The summed E-state index contributed by atoms with van der Waals surface area (Å²) in [6, 6.07) is 14.2. The fraction of sp³-hybridized carbons (Fsp3) is 0.350. The SMILES string of the molecule is Cc1ccc(CCNC(=O)Nc2ccc(C(C)C)cc2)c(C)c1. The summed E-state index contributed by atoms with van der Waals surface area (Å²) in [4.78, 5) is 11.9. The van der Waals surface area contributed by atoms with Crippen molar-refractivity contribution in [3.63, 3.8) is 0 Å². The summed E-state index contributed by atoms with van der Waals surface area (Å²) in [5.74, 6) is 0.496. The highest BCUT2D eigenvalue weighted by atomic mass is 16.2. The van der Waals surface area contributed by atoms with Gasteiger partial charge in [-0.1, -0.05) is 49.7 Å². The van der Waals surface area contributed by atoms with Crippen LogP contribution in [-0.2, 0) is 6.42 Å². The van der Waals surface area contributed by atoms with Crippen molar-refractivity contribution in [3.8, 4) is 0 Å². The monoisotopic (exact) mass is 310 g/mol. The van der Waals surface area contributed by atoms with E-state index in [4.69, 9.17) is 0 Å². The molecule has 2 N–H and O–H groups in total. The molecule has 0 aliphatic heterocycles. The molecule has 0 aromatic heterocycles. The Morgan fingerprint density at radius 3 is 2.35 bits per heavy atom. The minimum Gasteiger partial charge on any atom is -0.338 e. The summed E-state index contributed by atoms with van der Waals surface area (Å²) in [6.07, 6.45) is 0.839. The first-order valence-electron chi connectivity index (χ1n) is 8.16. The van der Waals surface area contributed by atoms with E-state index in [-0.39, 0.29) is 6.03 Å². The summed E-state index contributed by atoms with van der Waals surface area (Å²) in [7, 11) is 0. The third-order valence-corrected chi connectivity index (χ3v) is 4.01. The van der Waals surface area contributed by atoms with Crippen LogP contribution in [0, 0.1) is 13.8 Å². The topological polar surface area (TPSA) is 41.1 Å². The van der Waals surface area contributed by atoms with Gasteiger partial charge in [0.1, 0.15) is 0 Å². The number of carbonyl (C=O) groups is 1. The zero-order valence-corrected chi connectivity index (χ0v) is 14.4. The molecular formula is C20H26N2O. The Morgan fingerprint density at radius 2 is 1.74 bits per heavy atom. The highest BCUT2D eigenvalue weighted by Crippen LogP contribution is 2.17. The molecule has 0 unspecified atom stereocenters. The normalized spacial score (nSPS) is 10.7. The zero-order valence-electron chi connectivity index (χ0n) is 14.4. The van der Waals surface area contributed by atoms with Gasteiger partial charge in [0.25, 0.3) is 0 Å². The van der Waals surface area contributed by atoms with Crippen LogP contribution in [0.15, 0.2) is 42.5 Å². The van der Waals surface area contributed by atoms with Crippen LogP contribution in [0.25, 0.3) is 0 Å². The highest BCUT2D eigenvalue weighted by Gasteiger charge is 2.04. The van der Waals surface area contributed by atoms with Gasteiger partial charge >= 0.3 is 6.03 Å². The fourth-order valence-electron chi connectivity index (χ4n) is 2.56. The third-order valence-electron chi connectivity index (χ3n) is 4.01. The van der Waals surface area contributed by atoms with Gasteiger partial charge in [-0.15, -0.1) is 0 Å². The van der Waals surface area contributed by atoms with Crippen LogP contribution in [0.5, 0.6) is 0 Å². The number of hydrogen-bond acceptors (Lipinski definition) is 1. The number of aryl methyl sites for hydroxylation is 2. The molecule has 2 amide bonds. The number of carbonyl (C=O) groups excluding carboxylic acids is 1. The average molecular weight is 310 g/mol. The molecule has 3 nitrogen and oxygen atoms in total. The molecule has 0 saturated heterocycles. The van der Waals surface area contributed by atoms with Crippen LogP contribution < -0.4 is 10.6 Å². The van der Waals surface area contributed by atoms with E-state index >= 15 is 0 Å². The van der Waals surface area contributed by atoms with E-state index in [1.807, 2.05) is 12.1 Å². The first kappa shape index (κ1) is 17.1. The van der Waals surface area contributed by atoms with Crippen LogP contribution in [0.3, 0.4) is 0 Å². The number of rotatable bonds is 5. The van der Waals surface area contributed by atoms with Crippen molar-refractivity contribution in [2.24, 2.45) is 0 Å². The molecule has 2 aromatic carbocycles. The van der Waals surface area contributed by atoms with Crippen LogP contribution in [0.2, 0.25) is 0 Å². The summed E-state index contributed by atoms with van der Waals surface area (Å²) in [5.41, 5.74) is 5.90. The predicted molar refractivity (Wildman–Crippen MR) is 97.2 cm³/mol. The predicted octanol–water partition coefficient (Wildman–Crippen LogP) is 4.79. The molecular weight excluding hydrogens is 284 g/mol. The van der Waals surface area contributed by atoms with Crippen molar-refractivity contribution in [2.45, 2.75) is 40.0 Å². The third kappa shape index (κ3) is 5.13. The van der Waals surface area contributed by atoms with Gasteiger partial charge in [0.2, 0.25) is 0 Å². The molecule has 3 heteroatoms. The number of hydrogen-bond donors (Lipinski definition) is 2. The second-order valence-electron chi connectivity index (χ2n) is 6.34. The van der Waals surface area contributed by atoms with Gasteiger partial charge in [0, 0.05) is 12.2 Å². The lowest BCUT2D eigenvalue weighted by Crippen LogP contribution is -2.30. The minimum atomic E-state index is -0.160. The highest BCUT2D eigenvalue weighted by molar-refractivity contribution is 5.89. The van der Waals surface area contributed by atoms with Crippen LogP contribution in [0.4, 0.5) is 10.5 Å². The minimum absolute atomic E-state index is 0.160. The van der Waals surface area contributed by atoms with Gasteiger partial charge in [-0.25, -0.2) is 4.79 Å². The molecule has 0 saturated carbocycles. The van der Waals surface area contributed by atoms with E-state index in [0.717, 1.165) is 12.1 Å². The lowest BCUT2D eigenvalue weighted by molar-refractivity contribution is 0.252.